The van der Waals surface area contributed by atoms with E-state index in [9.17, 15) is 9.59 Å². The van der Waals surface area contributed by atoms with E-state index in [1.165, 1.54) is 12.1 Å². The van der Waals surface area contributed by atoms with Crippen molar-refractivity contribution >= 4 is 11.9 Å². The third-order valence-electron chi connectivity index (χ3n) is 3.09. The number of carbonyl (C=O) groups excluding carboxylic acids is 2. The van der Waals surface area contributed by atoms with Gasteiger partial charge in [0.25, 0.3) is 0 Å². The van der Waals surface area contributed by atoms with Gasteiger partial charge in [0.15, 0.2) is 0 Å². The average Bonchev–Trinajstić information content (AvgIpc) is 2.52. The third-order valence-corrected chi connectivity index (χ3v) is 3.09. The lowest BCUT2D eigenvalue weighted by Gasteiger charge is -2.14. The van der Waals surface area contributed by atoms with Gasteiger partial charge in [-0.1, -0.05) is 13.3 Å². The summed E-state index contributed by atoms with van der Waals surface area (Å²) in [6, 6.07) is 4.52. The van der Waals surface area contributed by atoms with Crippen molar-refractivity contribution in [3.8, 4) is 0 Å². The van der Waals surface area contributed by atoms with Crippen LogP contribution in [0.4, 0.5) is 0 Å². The lowest BCUT2D eigenvalue weighted by molar-refractivity contribution is -0.00553. The van der Waals surface area contributed by atoms with Crippen molar-refractivity contribution in [2.45, 2.75) is 32.8 Å². The molecule has 0 aliphatic carbocycles. The largest absolute Gasteiger partial charge is 0.462 e. The van der Waals surface area contributed by atoms with Crippen LogP contribution in [0.5, 0.6) is 0 Å². The van der Waals surface area contributed by atoms with Gasteiger partial charge in [0.1, 0.15) is 6.10 Å². The van der Waals surface area contributed by atoms with Crippen LogP contribution in [-0.4, -0.2) is 48.1 Å². The highest BCUT2D eigenvalue weighted by Gasteiger charge is 2.18. The molecule has 2 N–H and O–H groups in total. The molecule has 1 rings (SSSR count). The predicted octanol–water partition coefficient (Wildman–Crippen LogP) is 1.46. The number of hydrogen-bond donors (Lipinski definition) is 2. The van der Waals surface area contributed by atoms with Crippen molar-refractivity contribution in [3.63, 3.8) is 0 Å². The maximum atomic E-state index is 11.9. The standard InChI is InChI=1S/C16H22O6/c1-3-4-7-21-15(19)12-5-6-14(11(2)8-12)16(20)22-13(9-17)10-18/h5-6,8,13,17-18H,3-4,7,9-10H2,1-2H3. The molecule has 0 spiro atoms. The molecule has 0 saturated heterocycles. The summed E-state index contributed by atoms with van der Waals surface area (Å²) in [4.78, 5) is 23.7. The van der Waals surface area contributed by atoms with Crippen LogP contribution in [0, 0.1) is 6.92 Å². The number of aryl methyl sites for hydroxylation is 1. The van der Waals surface area contributed by atoms with E-state index >= 15 is 0 Å². The van der Waals surface area contributed by atoms with E-state index in [4.69, 9.17) is 19.7 Å². The van der Waals surface area contributed by atoms with Gasteiger partial charge in [-0.05, 0) is 37.1 Å². The molecule has 0 amide bonds. The Labute approximate surface area is 129 Å². The lowest BCUT2D eigenvalue weighted by Crippen LogP contribution is -2.26. The molecule has 0 bridgehead atoms. The van der Waals surface area contributed by atoms with Crippen LogP contribution < -0.4 is 0 Å². The van der Waals surface area contributed by atoms with E-state index in [-0.39, 0.29) is 5.56 Å². The molecule has 0 fully saturated rings. The Hall–Kier alpha value is -1.92. The van der Waals surface area contributed by atoms with Crippen molar-refractivity contribution in [1.29, 1.82) is 0 Å². The van der Waals surface area contributed by atoms with E-state index in [0.29, 0.717) is 17.7 Å². The van der Waals surface area contributed by atoms with Crippen LogP contribution >= 0.6 is 0 Å². The first-order valence-corrected chi connectivity index (χ1v) is 7.23. The number of carbonyl (C=O) groups is 2. The van der Waals surface area contributed by atoms with Gasteiger partial charge < -0.3 is 19.7 Å². The summed E-state index contributed by atoms with van der Waals surface area (Å²) in [5.74, 6) is -1.09. The molecule has 6 nitrogen and oxygen atoms in total. The Morgan fingerprint density at radius 1 is 1.18 bits per heavy atom. The minimum absolute atomic E-state index is 0.275. The Bertz CT molecular complexity index is 507. The van der Waals surface area contributed by atoms with E-state index in [0.717, 1.165) is 12.8 Å². The van der Waals surface area contributed by atoms with Gasteiger partial charge in [-0.2, -0.15) is 0 Å². The summed E-state index contributed by atoms with van der Waals surface area (Å²) in [6.45, 7) is 3.13. The Kier molecular flexibility index (Phi) is 7.56. The average molecular weight is 310 g/mol. The number of unbranched alkanes of at least 4 members (excludes halogenated alkanes) is 1. The third kappa shape index (κ3) is 5.13. The highest BCUT2D eigenvalue weighted by Crippen LogP contribution is 2.14. The maximum Gasteiger partial charge on any atom is 0.338 e. The van der Waals surface area contributed by atoms with Crippen molar-refractivity contribution in [3.05, 3.63) is 34.9 Å². The van der Waals surface area contributed by atoms with Crippen LogP contribution in [0.25, 0.3) is 0 Å². The number of hydrogen-bond acceptors (Lipinski definition) is 6. The van der Waals surface area contributed by atoms with Gasteiger partial charge >= 0.3 is 11.9 Å². The second kappa shape index (κ2) is 9.17. The van der Waals surface area contributed by atoms with Crippen molar-refractivity contribution in [2.75, 3.05) is 19.8 Å². The number of ether oxygens (including phenoxy) is 2. The summed E-state index contributed by atoms with van der Waals surface area (Å²) in [5.41, 5.74) is 1.20. The summed E-state index contributed by atoms with van der Waals surface area (Å²) in [5, 5.41) is 17.8. The lowest BCUT2D eigenvalue weighted by atomic mass is 10.1. The summed E-state index contributed by atoms with van der Waals surface area (Å²) < 4.78 is 10.0. The van der Waals surface area contributed by atoms with Gasteiger partial charge in [0.2, 0.25) is 0 Å². The first-order valence-electron chi connectivity index (χ1n) is 7.23. The molecular weight excluding hydrogens is 288 g/mol. The fourth-order valence-electron chi connectivity index (χ4n) is 1.76. The Morgan fingerprint density at radius 2 is 1.86 bits per heavy atom. The molecule has 1 aromatic carbocycles. The number of benzene rings is 1. The van der Waals surface area contributed by atoms with Crippen LogP contribution in [-0.2, 0) is 9.47 Å². The maximum absolute atomic E-state index is 11.9. The monoisotopic (exact) mass is 310 g/mol. The second-order valence-corrected chi connectivity index (χ2v) is 4.91. The van der Waals surface area contributed by atoms with Crippen LogP contribution in [0.2, 0.25) is 0 Å². The number of rotatable bonds is 8. The molecule has 0 saturated carbocycles. The van der Waals surface area contributed by atoms with E-state index in [2.05, 4.69) is 0 Å². The van der Waals surface area contributed by atoms with Gasteiger partial charge in [-0.25, -0.2) is 9.59 Å². The molecule has 0 radical (unpaired) electrons. The molecule has 0 aromatic heterocycles. The van der Waals surface area contributed by atoms with Crippen molar-refractivity contribution < 1.29 is 29.3 Å². The SMILES string of the molecule is CCCCOC(=O)c1ccc(C(=O)OC(CO)CO)c(C)c1. The molecule has 0 heterocycles. The zero-order valence-electron chi connectivity index (χ0n) is 12.9. The first kappa shape index (κ1) is 18.1. The molecule has 0 aliphatic heterocycles. The number of aliphatic hydroxyl groups excluding tert-OH is 2. The number of esters is 2. The molecule has 0 aliphatic rings. The molecule has 0 unspecified atom stereocenters. The van der Waals surface area contributed by atoms with Gasteiger partial charge in [0, 0.05) is 0 Å². The highest BCUT2D eigenvalue weighted by atomic mass is 16.6. The normalized spacial score (nSPS) is 10.6. The molecule has 6 heteroatoms. The van der Waals surface area contributed by atoms with E-state index in [1.807, 2.05) is 6.92 Å². The highest BCUT2D eigenvalue weighted by molar-refractivity contribution is 5.94. The van der Waals surface area contributed by atoms with Crippen LogP contribution in [0.15, 0.2) is 18.2 Å². The first-order chi connectivity index (χ1) is 10.5. The molecule has 0 atom stereocenters. The molecular formula is C16H22O6. The molecule has 1 aromatic rings. The van der Waals surface area contributed by atoms with Crippen molar-refractivity contribution in [2.24, 2.45) is 0 Å². The quantitative estimate of drug-likeness (QED) is 0.558. The fourth-order valence-corrected chi connectivity index (χ4v) is 1.76. The summed E-state index contributed by atoms with van der Waals surface area (Å²) in [7, 11) is 0. The molecule has 122 valence electrons. The van der Waals surface area contributed by atoms with E-state index in [1.54, 1.807) is 13.0 Å². The zero-order chi connectivity index (χ0) is 16.5. The predicted molar refractivity (Wildman–Crippen MR) is 79.7 cm³/mol. The number of aliphatic hydroxyl groups is 2. The Morgan fingerprint density at radius 3 is 2.41 bits per heavy atom. The van der Waals surface area contributed by atoms with Crippen molar-refractivity contribution in [1.82, 2.24) is 0 Å². The minimum Gasteiger partial charge on any atom is -0.462 e. The van der Waals surface area contributed by atoms with Gasteiger partial charge in [0.05, 0.1) is 30.9 Å². The summed E-state index contributed by atoms with van der Waals surface area (Å²) >= 11 is 0. The molecule has 22 heavy (non-hydrogen) atoms. The Balaban J connectivity index is 2.76. The van der Waals surface area contributed by atoms with E-state index < -0.39 is 31.3 Å². The topological polar surface area (TPSA) is 93.1 Å². The minimum atomic E-state index is -0.953. The van der Waals surface area contributed by atoms with Gasteiger partial charge in [-0.3, -0.25) is 0 Å². The fraction of sp³-hybridized carbons (Fsp3) is 0.500. The smallest absolute Gasteiger partial charge is 0.338 e. The van der Waals surface area contributed by atoms with Crippen LogP contribution in [0.1, 0.15) is 46.0 Å². The van der Waals surface area contributed by atoms with Crippen LogP contribution in [0.3, 0.4) is 0 Å². The summed E-state index contributed by atoms with van der Waals surface area (Å²) in [6.07, 6.45) is 0.790. The van der Waals surface area contributed by atoms with Gasteiger partial charge in [-0.15, -0.1) is 0 Å². The zero-order valence-corrected chi connectivity index (χ0v) is 12.9. The second-order valence-electron chi connectivity index (χ2n) is 4.91.